The van der Waals surface area contributed by atoms with Gasteiger partial charge in [-0.3, -0.25) is 4.79 Å². The molecule has 3 rings (SSSR count). The van der Waals surface area contributed by atoms with Gasteiger partial charge in [-0.1, -0.05) is 0 Å². The lowest BCUT2D eigenvalue weighted by molar-refractivity contribution is 0.0322. The van der Waals surface area contributed by atoms with Gasteiger partial charge >= 0.3 is 0 Å². The van der Waals surface area contributed by atoms with Crippen LogP contribution < -0.4 is 5.32 Å². The van der Waals surface area contributed by atoms with Crippen LogP contribution in [-0.4, -0.2) is 22.1 Å². The number of carbonyl (C=O) groups excluding carboxylic acids is 1. The predicted molar refractivity (Wildman–Crippen MR) is 78.1 cm³/mol. The van der Waals surface area contributed by atoms with Crippen molar-refractivity contribution in [1.29, 1.82) is 0 Å². The van der Waals surface area contributed by atoms with E-state index >= 15 is 0 Å². The van der Waals surface area contributed by atoms with E-state index < -0.39 is 5.60 Å². The van der Waals surface area contributed by atoms with Crippen molar-refractivity contribution < 1.29 is 14.3 Å². The first-order valence-electron chi connectivity index (χ1n) is 7.22. The SMILES string of the molecule is Cc1ccc(C(C)(O)CNC(=O)c2cccn2C2CC2)o1. The van der Waals surface area contributed by atoms with E-state index in [0.29, 0.717) is 17.5 Å². The van der Waals surface area contributed by atoms with Gasteiger partial charge in [0.25, 0.3) is 5.91 Å². The van der Waals surface area contributed by atoms with Gasteiger partial charge in [0.2, 0.25) is 0 Å². The highest BCUT2D eigenvalue weighted by molar-refractivity contribution is 5.92. The maximum absolute atomic E-state index is 12.3. The van der Waals surface area contributed by atoms with Gasteiger partial charge in [0, 0.05) is 12.2 Å². The topological polar surface area (TPSA) is 67.4 Å². The Morgan fingerprint density at radius 3 is 2.86 bits per heavy atom. The van der Waals surface area contributed by atoms with Gasteiger partial charge in [0.05, 0.1) is 6.54 Å². The van der Waals surface area contributed by atoms with Gasteiger partial charge in [-0.15, -0.1) is 0 Å². The maximum atomic E-state index is 12.3. The van der Waals surface area contributed by atoms with Crippen molar-refractivity contribution in [2.75, 3.05) is 6.54 Å². The molecular weight excluding hydrogens is 268 g/mol. The van der Waals surface area contributed by atoms with Gasteiger partial charge < -0.3 is 19.4 Å². The first-order chi connectivity index (χ1) is 9.97. The van der Waals surface area contributed by atoms with Crippen LogP contribution in [0, 0.1) is 6.92 Å². The minimum Gasteiger partial charge on any atom is -0.463 e. The Labute approximate surface area is 123 Å². The number of nitrogens with one attached hydrogen (secondary N) is 1. The minimum atomic E-state index is -1.22. The van der Waals surface area contributed by atoms with Crippen molar-refractivity contribution in [3.63, 3.8) is 0 Å². The number of hydrogen-bond donors (Lipinski definition) is 2. The lowest BCUT2D eigenvalue weighted by Gasteiger charge is -2.21. The maximum Gasteiger partial charge on any atom is 0.268 e. The molecule has 1 aliphatic carbocycles. The predicted octanol–water partition coefficient (Wildman–Crippen LogP) is 2.36. The molecule has 1 atom stereocenters. The van der Waals surface area contributed by atoms with Crippen molar-refractivity contribution in [3.05, 3.63) is 47.7 Å². The quantitative estimate of drug-likeness (QED) is 0.887. The van der Waals surface area contributed by atoms with Crippen LogP contribution in [0.15, 0.2) is 34.9 Å². The number of rotatable bonds is 5. The molecule has 2 aromatic rings. The number of aliphatic hydroxyl groups is 1. The third kappa shape index (κ3) is 2.88. The van der Waals surface area contributed by atoms with E-state index in [1.54, 1.807) is 25.1 Å². The molecule has 0 radical (unpaired) electrons. The zero-order chi connectivity index (χ0) is 15.0. The van der Waals surface area contributed by atoms with Crippen molar-refractivity contribution in [2.24, 2.45) is 0 Å². The second kappa shape index (κ2) is 5.07. The number of hydrogen-bond acceptors (Lipinski definition) is 3. The molecule has 2 aromatic heterocycles. The summed E-state index contributed by atoms with van der Waals surface area (Å²) in [6.07, 6.45) is 4.18. The van der Waals surface area contributed by atoms with Gasteiger partial charge in [0.1, 0.15) is 22.8 Å². The zero-order valence-corrected chi connectivity index (χ0v) is 12.3. The van der Waals surface area contributed by atoms with Gasteiger partial charge in [-0.25, -0.2) is 0 Å². The van der Waals surface area contributed by atoms with E-state index in [9.17, 15) is 9.90 Å². The molecule has 1 fully saturated rings. The summed E-state index contributed by atoms with van der Waals surface area (Å²) in [7, 11) is 0. The van der Waals surface area contributed by atoms with Crippen molar-refractivity contribution in [1.82, 2.24) is 9.88 Å². The van der Waals surface area contributed by atoms with E-state index in [4.69, 9.17) is 4.42 Å². The molecule has 1 amide bonds. The molecule has 1 unspecified atom stereocenters. The molecule has 0 saturated heterocycles. The Hall–Kier alpha value is -2.01. The van der Waals surface area contributed by atoms with Crippen LogP contribution >= 0.6 is 0 Å². The fourth-order valence-corrected chi connectivity index (χ4v) is 2.41. The highest BCUT2D eigenvalue weighted by Crippen LogP contribution is 2.36. The summed E-state index contributed by atoms with van der Waals surface area (Å²) >= 11 is 0. The molecule has 0 aromatic carbocycles. The highest BCUT2D eigenvalue weighted by Gasteiger charge is 2.30. The smallest absolute Gasteiger partial charge is 0.268 e. The van der Waals surface area contributed by atoms with E-state index in [1.165, 1.54) is 0 Å². The Bertz CT molecular complexity index is 650. The Morgan fingerprint density at radius 1 is 1.48 bits per heavy atom. The summed E-state index contributed by atoms with van der Waals surface area (Å²) in [5.74, 6) is 1.02. The van der Waals surface area contributed by atoms with Crippen molar-refractivity contribution >= 4 is 5.91 Å². The Kier molecular flexibility index (Phi) is 3.37. The molecule has 2 heterocycles. The molecule has 1 saturated carbocycles. The number of amides is 1. The van der Waals surface area contributed by atoms with E-state index in [-0.39, 0.29) is 12.5 Å². The number of furan rings is 1. The fraction of sp³-hybridized carbons (Fsp3) is 0.438. The number of nitrogens with zero attached hydrogens (tertiary/aromatic N) is 1. The Balaban J connectivity index is 1.66. The van der Waals surface area contributed by atoms with Crippen molar-refractivity contribution in [2.45, 2.75) is 38.3 Å². The van der Waals surface area contributed by atoms with Crippen LogP contribution in [0.3, 0.4) is 0 Å². The Morgan fingerprint density at radius 2 is 2.24 bits per heavy atom. The van der Waals surface area contributed by atoms with E-state index in [1.807, 2.05) is 23.8 Å². The normalized spacial score (nSPS) is 17.5. The lowest BCUT2D eigenvalue weighted by Crippen LogP contribution is -2.39. The third-order valence-corrected chi connectivity index (χ3v) is 3.82. The first kappa shape index (κ1) is 13.9. The monoisotopic (exact) mass is 288 g/mol. The second-order valence-electron chi connectivity index (χ2n) is 5.90. The first-order valence-corrected chi connectivity index (χ1v) is 7.22. The molecule has 1 aliphatic rings. The summed E-state index contributed by atoms with van der Waals surface area (Å²) in [6.45, 7) is 3.56. The average molecular weight is 288 g/mol. The molecular formula is C16H20N2O3. The summed E-state index contributed by atoms with van der Waals surface area (Å²) in [4.78, 5) is 12.3. The van der Waals surface area contributed by atoms with Crippen LogP contribution in [0.4, 0.5) is 0 Å². The molecule has 0 aliphatic heterocycles. The summed E-state index contributed by atoms with van der Waals surface area (Å²) in [5.41, 5.74) is -0.579. The summed E-state index contributed by atoms with van der Waals surface area (Å²) in [6, 6.07) is 7.66. The van der Waals surface area contributed by atoms with E-state index in [0.717, 1.165) is 18.6 Å². The molecule has 5 nitrogen and oxygen atoms in total. The van der Waals surface area contributed by atoms with E-state index in [2.05, 4.69) is 5.32 Å². The van der Waals surface area contributed by atoms with Crippen LogP contribution in [0.2, 0.25) is 0 Å². The number of carbonyl (C=O) groups is 1. The molecule has 21 heavy (non-hydrogen) atoms. The number of aromatic nitrogens is 1. The summed E-state index contributed by atoms with van der Waals surface area (Å²) < 4.78 is 7.44. The average Bonchev–Trinajstić information content (AvgIpc) is 2.99. The van der Waals surface area contributed by atoms with Crippen LogP contribution in [0.5, 0.6) is 0 Å². The lowest BCUT2D eigenvalue weighted by atomic mass is 10.0. The fourth-order valence-electron chi connectivity index (χ4n) is 2.41. The van der Waals surface area contributed by atoms with Gasteiger partial charge in [-0.05, 0) is 51.0 Å². The van der Waals surface area contributed by atoms with Gasteiger partial charge in [0.15, 0.2) is 0 Å². The second-order valence-corrected chi connectivity index (χ2v) is 5.90. The molecule has 0 spiro atoms. The highest BCUT2D eigenvalue weighted by atomic mass is 16.4. The molecule has 112 valence electrons. The molecule has 5 heteroatoms. The van der Waals surface area contributed by atoms with Crippen molar-refractivity contribution in [3.8, 4) is 0 Å². The van der Waals surface area contributed by atoms with Crippen LogP contribution in [0.25, 0.3) is 0 Å². The largest absolute Gasteiger partial charge is 0.463 e. The van der Waals surface area contributed by atoms with Crippen LogP contribution in [-0.2, 0) is 5.60 Å². The minimum absolute atomic E-state index is 0.106. The zero-order valence-electron chi connectivity index (χ0n) is 12.3. The molecule has 0 bridgehead atoms. The van der Waals surface area contributed by atoms with Crippen LogP contribution in [0.1, 0.15) is 47.8 Å². The number of aryl methyl sites for hydroxylation is 1. The van der Waals surface area contributed by atoms with Gasteiger partial charge in [-0.2, -0.15) is 0 Å². The molecule has 2 N–H and O–H groups in total. The standard InChI is InChI=1S/C16H20N2O3/c1-11-5-8-14(21-11)16(2,20)10-17-15(19)13-4-3-9-18(13)12-6-7-12/h3-5,8-9,12,20H,6-7,10H2,1-2H3,(H,17,19). The third-order valence-electron chi connectivity index (χ3n) is 3.82. The summed E-state index contributed by atoms with van der Waals surface area (Å²) in [5, 5.41) is 13.2.